The molecule has 2 atom stereocenters. The monoisotopic (exact) mass is 182 g/mol. The van der Waals surface area contributed by atoms with Crippen LogP contribution in [0, 0.1) is 0 Å². The van der Waals surface area contributed by atoms with Gasteiger partial charge in [-0.3, -0.25) is 0 Å². The molecule has 3 heteroatoms. The van der Waals surface area contributed by atoms with Crippen LogP contribution in [-0.4, -0.2) is 17.8 Å². The molecule has 0 aliphatic carbocycles. The van der Waals surface area contributed by atoms with E-state index in [1.165, 1.54) is 0 Å². The summed E-state index contributed by atoms with van der Waals surface area (Å²) in [7, 11) is 0. The highest BCUT2D eigenvalue weighted by Gasteiger charge is 2.18. The first-order valence-electron chi connectivity index (χ1n) is 2.69. The summed E-state index contributed by atoms with van der Waals surface area (Å²) in [5, 5.41) is -0.0498. The highest BCUT2D eigenvalue weighted by molar-refractivity contribution is 9.09. The van der Waals surface area contributed by atoms with Crippen molar-refractivity contribution in [2.24, 2.45) is 0 Å². The minimum Gasteiger partial charge on any atom is -0.367 e. The van der Waals surface area contributed by atoms with Crippen molar-refractivity contribution >= 4 is 15.9 Å². The maximum absolute atomic E-state index is 12.3. The molecule has 8 heavy (non-hydrogen) atoms. The summed E-state index contributed by atoms with van der Waals surface area (Å²) in [6.45, 7) is 0.553. The van der Waals surface area contributed by atoms with Crippen LogP contribution >= 0.6 is 15.9 Å². The highest BCUT2D eigenvalue weighted by Crippen LogP contribution is 2.20. The van der Waals surface area contributed by atoms with Gasteiger partial charge in [0.2, 0.25) is 0 Å². The van der Waals surface area contributed by atoms with E-state index in [4.69, 9.17) is 4.74 Å². The Balaban J connectivity index is 2.23. The lowest BCUT2D eigenvalue weighted by molar-refractivity contribution is 0.0347. The van der Waals surface area contributed by atoms with Crippen molar-refractivity contribution < 1.29 is 9.13 Å². The molecule has 1 fully saturated rings. The minimum absolute atomic E-state index is 0.0498. The fraction of sp³-hybridized carbons (Fsp3) is 1.00. The quantitative estimate of drug-likeness (QED) is 0.520. The number of alkyl halides is 2. The average molecular weight is 183 g/mol. The molecule has 2 unspecified atom stereocenters. The fourth-order valence-corrected chi connectivity index (χ4v) is 1.30. The van der Waals surface area contributed by atoms with Gasteiger partial charge in [-0.25, -0.2) is 4.39 Å². The molecular weight excluding hydrogens is 175 g/mol. The van der Waals surface area contributed by atoms with E-state index in [1.54, 1.807) is 0 Å². The Bertz CT molecular complexity index is 70.8. The first kappa shape index (κ1) is 6.49. The maximum atomic E-state index is 12.3. The van der Waals surface area contributed by atoms with Crippen molar-refractivity contribution in [3.05, 3.63) is 0 Å². The Morgan fingerprint density at radius 2 is 2.38 bits per heavy atom. The van der Waals surface area contributed by atoms with Gasteiger partial charge in [-0.05, 0) is 0 Å². The SMILES string of the molecule is FC1CCOC(Br)C1. The van der Waals surface area contributed by atoms with Crippen molar-refractivity contribution in [1.82, 2.24) is 0 Å². The summed E-state index contributed by atoms with van der Waals surface area (Å²) in [6, 6.07) is 0. The lowest BCUT2D eigenvalue weighted by Crippen LogP contribution is -2.21. The van der Waals surface area contributed by atoms with Crippen molar-refractivity contribution in [2.75, 3.05) is 6.61 Å². The molecule has 48 valence electrons. The van der Waals surface area contributed by atoms with Gasteiger partial charge in [-0.2, -0.15) is 0 Å². The molecule has 1 saturated heterocycles. The van der Waals surface area contributed by atoms with Gasteiger partial charge in [0.15, 0.2) is 0 Å². The summed E-state index contributed by atoms with van der Waals surface area (Å²) >= 11 is 3.17. The second kappa shape index (κ2) is 2.78. The molecule has 0 amide bonds. The van der Waals surface area contributed by atoms with Crippen LogP contribution in [0.2, 0.25) is 0 Å². The number of hydrogen-bond acceptors (Lipinski definition) is 1. The second-order valence-electron chi connectivity index (χ2n) is 1.90. The van der Waals surface area contributed by atoms with E-state index in [0.29, 0.717) is 19.4 Å². The lowest BCUT2D eigenvalue weighted by Gasteiger charge is -2.19. The van der Waals surface area contributed by atoms with Gasteiger partial charge in [-0.15, -0.1) is 0 Å². The van der Waals surface area contributed by atoms with Gasteiger partial charge in [0.25, 0.3) is 0 Å². The third kappa shape index (κ3) is 1.71. The normalized spacial score (nSPS) is 39.8. The standard InChI is InChI=1S/C5H8BrFO/c6-5-3-4(7)1-2-8-5/h4-5H,1-3H2. The van der Waals surface area contributed by atoms with Crippen LogP contribution < -0.4 is 0 Å². The first-order valence-corrected chi connectivity index (χ1v) is 3.60. The molecule has 0 radical (unpaired) electrons. The molecule has 1 aliphatic heterocycles. The Labute approximate surface area is 56.3 Å². The van der Waals surface area contributed by atoms with Gasteiger partial charge in [0, 0.05) is 12.8 Å². The number of hydrogen-bond donors (Lipinski definition) is 0. The molecule has 0 aromatic rings. The molecule has 0 bridgehead atoms. The van der Waals surface area contributed by atoms with Gasteiger partial charge in [0.05, 0.1) is 6.61 Å². The zero-order valence-electron chi connectivity index (χ0n) is 4.44. The molecule has 0 aromatic heterocycles. The molecule has 0 spiro atoms. The maximum Gasteiger partial charge on any atom is 0.115 e. The predicted octanol–water partition coefficient (Wildman–Crippen LogP) is 1.86. The van der Waals surface area contributed by atoms with Crippen molar-refractivity contribution in [3.63, 3.8) is 0 Å². The third-order valence-corrected chi connectivity index (χ3v) is 1.81. The Kier molecular flexibility index (Phi) is 2.26. The smallest absolute Gasteiger partial charge is 0.115 e. The number of ether oxygens (including phenoxy) is 1. The van der Waals surface area contributed by atoms with Crippen LogP contribution in [0.1, 0.15) is 12.8 Å². The zero-order valence-corrected chi connectivity index (χ0v) is 6.03. The summed E-state index contributed by atoms with van der Waals surface area (Å²) in [6.07, 6.45) is 0.398. The molecule has 0 aromatic carbocycles. The van der Waals surface area contributed by atoms with Crippen LogP contribution in [0.3, 0.4) is 0 Å². The molecule has 1 rings (SSSR count). The van der Waals surface area contributed by atoms with E-state index in [0.717, 1.165) is 0 Å². The number of halogens is 2. The predicted molar refractivity (Wildman–Crippen MR) is 32.8 cm³/mol. The summed E-state index contributed by atoms with van der Waals surface area (Å²) in [4.78, 5) is 0. The van der Waals surface area contributed by atoms with E-state index in [1.807, 2.05) is 0 Å². The van der Waals surface area contributed by atoms with Gasteiger partial charge in [0.1, 0.15) is 11.2 Å². The molecule has 1 heterocycles. The van der Waals surface area contributed by atoms with Crippen LogP contribution in [0.15, 0.2) is 0 Å². The number of rotatable bonds is 0. The summed E-state index contributed by atoms with van der Waals surface area (Å²) in [5.41, 5.74) is 0. The van der Waals surface area contributed by atoms with Gasteiger partial charge >= 0.3 is 0 Å². The van der Waals surface area contributed by atoms with E-state index in [2.05, 4.69) is 15.9 Å². The average Bonchev–Trinajstić information content (AvgIpc) is 1.64. The van der Waals surface area contributed by atoms with Crippen molar-refractivity contribution in [3.8, 4) is 0 Å². The van der Waals surface area contributed by atoms with E-state index in [9.17, 15) is 4.39 Å². The fourth-order valence-electron chi connectivity index (χ4n) is 0.711. The van der Waals surface area contributed by atoms with E-state index in [-0.39, 0.29) is 5.01 Å². The molecule has 1 nitrogen and oxygen atoms in total. The zero-order chi connectivity index (χ0) is 5.98. The molecule has 1 aliphatic rings. The summed E-state index contributed by atoms with van der Waals surface area (Å²) < 4.78 is 17.3. The molecule has 0 saturated carbocycles. The van der Waals surface area contributed by atoms with Crippen molar-refractivity contribution in [2.45, 2.75) is 24.0 Å². The second-order valence-corrected chi connectivity index (χ2v) is 2.92. The van der Waals surface area contributed by atoms with Crippen LogP contribution in [-0.2, 0) is 4.74 Å². The molecular formula is C5H8BrFO. The minimum atomic E-state index is -0.659. The lowest BCUT2D eigenvalue weighted by atomic mass is 10.2. The molecule has 0 N–H and O–H groups in total. The van der Waals surface area contributed by atoms with E-state index >= 15 is 0 Å². The van der Waals surface area contributed by atoms with Crippen molar-refractivity contribution in [1.29, 1.82) is 0 Å². The topological polar surface area (TPSA) is 9.23 Å². The van der Waals surface area contributed by atoms with Gasteiger partial charge in [-0.1, -0.05) is 15.9 Å². The Morgan fingerprint density at radius 1 is 1.62 bits per heavy atom. The van der Waals surface area contributed by atoms with Crippen LogP contribution in [0.4, 0.5) is 4.39 Å². The van der Waals surface area contributed by atoms with Crippen LogP contribution in [0.5, 0.6) is 0 Å². The first-order chi connectivity index (χ1) is 3.79. The van der Waals surface area contributed by atoms with Crippen LogP contribution in [0.25, 0.3) is 0 Å². The van der Waals surface area contributed by atoms with E-state index < -0.39 is 6.17 Å². The Hall–Kier alpha value is 0.370. The summed E-state index contributed by atoms with van der Waals surface area (Å²) in [5.74, 6) is 0. The Morgan fingerprint density at radius 3 is 2.75 bits per heavy atom. The largest absolute Gasteiger partial charge is 0.367 e. The third-order valence-electron chi connectivity index (χ3n) is 1.17. The van der Waals surface area contributed by atoms with Gasteiger partial charge < -0.3 is 4.74 Å². The highest BCUT2D eigenvalue weighted by atomic mass is 79.9.